The van der Waals surface area contributed by atoms with Crippen molar-refractivity contribution in [2.24, 2.45) is 0 Å². The van der Waals surface area contributed by atoms with Crippen LogP contribution in [-0.2, 0) is 0 Å². The van der Waals surface area contributed by atoms with Crippen molar-refractivity contribution in [1.29, 1.82) is 10.5 Å². The number of carbonyl (C=O) groups excluding carboxylic acids is 1. The largest absolute Gasteiger partial charge is 0.465 e. The van der Waals surface area contributed by atoms with Crippen LogP contribution in [0.3, 0.4) is 0 Å². The first-order valence-electron chi connectivity index (χ1n) is 5.91. The highest BCUT2D eigenvalue weighted by atomic mass is 16.3. The van der Waals surface area contributed by atoms with Crippen LogP contribution in [0.4, 0.5) is 0 Å². The lowest BCUT2D eigenvalue weighted by Crippen LogP contribution is -2.01. The minimum atomic E-state index is -0.167. The van der Waals surface area contributed by atoms with Gasteiger partial charge in [0.05, 0.1) is 6.26 Å². The fourth-order valence-corrected chi connectivity index (χ4v) is 1.80. The lowest BCUT2D eigenvalue weighted by Gasteiger charge is -2.04. The molecule has 0 aliphatic rings. The van der Waals surface area contributed by atoms with Crippen molar-refractivity contribution in [3.05, 3.63) is 65.6 Å². The number of nitrogens with zero attached hydrogens (tertiary/aromatic N) is 2. The Hall–Kier alpha value is -3.11. The summed E-state index contributed by atoms with van der Waals surface area (Å²) in [6.07, 6.45) is 1.39. The van der Waals surface area contributed by atoms with E-state index in [9.17, 15) is 4.79 Å². The number of hydrogen-bond acceptors (Lipinski definition) is 4. The monoisotopic (exact) mass is 262 g/mol. The van der Waals surface area contributed by atoms with Crippen molar-refractivity contribution in [2.75, 3.05) is 0 Å². The number of furan rings is 1. The zero-order chi connectivity index (χ0) is 14.4. The molecule has 0 aliphatic carbocycles. The molecular formula is C16H10N2O2. The average Bonchev–Trinajstić information content (AvgIpc) is 3.02. The number of allylic oxidation sites excluding steroid dienone is 2. The van der Waals surface area contributed by atoms with E-state index in [1.807, 2.05) is 6.07 Å². The quantitative estimate of drug-likeness (QED) is 0.625. The molecule has 2 aromatic rings. The standard InChI is InChI=1S/C16H10N2O2/c17-10-13(11-18)14(16-7-4-8-20-16)9-15(19)12-5-2-1-3-6-12/h1-8H,9H2. The number of Topliss-reactive ketones (excluding diaryl/α,β-unsaturated/α-hetero) is 1. The highest BCUT2D eigenvalue weighted by molar-refractivity contribution is 6.03. The van der Waals surface area contributed by atoms with Crippen molar-refractivity contribution in [3.8, 4) is 12.1 Å². The van der Waals surface area contributed by atoms with E-state index in [0.717, 1.165) is 0 Å². The van der Waals surface area contributed by atoms with Gasteiger partial charge in [-0.2, -0.15) is 10.5 Å². The van der Waals surface area contributed by atoms with E-state index >= 15 is 0 Å². The van der Waals surface area contributed by atoms with Crippen LogP contribution >= 0.6 is 0 Å². The predicted octanol–water partition coefficient (Wildman–Crippen LogP) is 3.35. The van der Waals surface area contributed by atoms with Gasteiger partial charge in [0.15, 0.2) is 5.78 Å². The first-order valence-corrected chi connectivity index (χ1v) is 5.91. The molecular weight excluding hydrogens is 252 g/mol. The molecule has 0 radical (unpaired) electrons. The van der Waals surface area contributed by atoms with Crippen LogP contribution in [0, 0.1) is 22.7 Å². The summed E-state index contributed by atoms with van der Waals surface area (Å²) in [6, 6.07) is 15.6. The van der Waals surface area contributed by atoms with E-state index in [1.54, 1.807) is 48.5 Å². The van der Waals surface area contributed by atoms with E-state index in [1.165, 1.54) is 6.26 Å². The normalized spacial score (nSPS) is 9.30. The molecule has 1 heterocycles. The van der Waals surface area contributed by atoms with Gasteiger partial charge in [0, 0.05) is 17.6 Å². The van der Waals surface area contributed by atoms with Crippen molar-refractivity contribution in [1.82, 2.24) is 0 Å². The summed E-state index contributed by atoms with van der Waals surface area (Å²) in [5.41, 5.74) is 0.741. The average molecular weight is 262 g/mol. The van der Waals surface area contributed by atoms with E-state index in [-0.39, 0.29) is 17.8 Å². The van der Waals surface area contributed by atoms with Crippen molar-refractivity contribution < 1.29 is 9.21 Å². The Kier molecular flexibility index (Phi) is 4.11. The zero-order valence-electron chi connectivity index (χ0n) is 10.5. The third-order valence-corrected chi connectivity index (χ3v) is 2.78. The van der Waals surface area contributed by atoms with Crippen LogP contribution in [-0.4, -0.2) is 5.78 Å². The number of ketones is 1. The molecule has 0 atom stereocenters. The van der Waals surface area contributed by atoms with Gasteiger partial charge in [0.25, 0.3) is 0 Å². The number of nitriles is 2. The Bertz CT molecular complexity index is 698. The number of hydrogen-bond donors (Lipinski definition) is 0. The van der Waals surface area contributed by atoms with Gasteiger partial charge in [-0.3, -0.25) is 4.79 Å². The number of carbonyl (C=O) groups is 1. The molecule has 4 heteroatoms. The Labute approximate surface area is 116 Å². The highest BCUT2D eigenvalue weighted by Gasteiger charge is 2.17. The second kappa shape index (κ2) is 6.17. The van der Waals surface area contributed by atoms with Crippen LogP contribution in [0.25, 0.3) is 5.57 Å². The molecule has 96 valence electrons. The summed E-state index contributed by atoms with van der Waals surface area (Å²) in [6.45, 7) is 0. The van der Waals surface area contributed by atoms with Gasteiger partial charge in [0.2, 0.25) is 0 Å². The molecule has 4 nitrogen and oxygen atoms in total. The second-order valence-corrected chi connectivity index (χ2v) is 4.02. The van der Waals surface area contributed by atoms with Crippen LogP contribution in [0.1, 0.15) is 22.5 Å². The molecule has 2 rings (SSSR count). The second-order valence-electron chi connectivity index (χ2n) is 4.02. The molecule has 0 bridgehead atoms. The third kappa shape index (κ3) is 2.82. The Balaban J connectivity index is 2.37. The van der Waals surface area contributed by atoms with E-state index < -0.39 is 0 Å². The summed E-state index contributed by atoms with van der Waals surface area (Å²) in [4.78, 5) is 12.2. The van der Waals surface area contributed by atoms with Gasteiger partial charge >= 0.3 is 0 Å². The Morgan fingerprint density at radius 3 is 2.30 bits per heavy atom. The molecule has 0 amide bonds. The van der Waals surface area contributed by atoms with Crippen LogP contribution < -0.4 is 0 Å². The first kappa shape index (κ1) is 13.3. The van der Waals surface area contributed by atoms with Gasteiger partial charge in [-0.05, 0) is 12.1 Å². The van der Waals surface area contributed by atoms with Gasteiger partial charge in [-0.1, -0.05) is 30.3 Å². The predicted molar refractivity (Wildman–Crippen MR) is 72.2 cm³/mol. The number of benzene rings is 1. The molecule has 0 saturated carbocycles. The van der Waals surface area contributed by atoms with E-state index in [4.69, 9.17) is 14.9 Å². The van der Waals surface area contributed by atoms with Crippen LogP contribution in [0.2, 0.25) is 0 Å². The fourth-order valence-electron chi connectivity index (χ4n) is 1.80. The van der Waals surface area contributed by atoms with Crippen LogP contribution in [0.5, 0.6) is 0 Å². The summed E-state index contributed by atoms with van der Waals surface area (Å²) in [5, 5.41) is 18.0. The molecule has 1 aromatic heterocycles. The van der Waals surface area contributed by atoms with Crippen molar-refractivity contribution in [3.63, 3.8) is 0 Å². The first-order chi connectivity index (χ1) is 9.76. The highest BCUT2D eigenvalue weighted by Crippen LogP contribution is 2.24. The minimum absolute atomic E-state index is 0.0476. The topological polar surface area (TPSA) is 77.8 Å². The minimum Gasteiger partial charge on any atom is -0.465 e. The Morgan fingerprint density at radius 1 is 1.05 bits per heavy atom. The van der Waals surface area contributed by atoms with Crippen molar-refractivity contribution in [2.45, 2.75) is 6.42 Å². The lowest BCUT2D eigenvalue weighted by molar-refractivity contribution is 0.0998. The number of rotatable bonds is 4. The SMILES string of the molecule is N#CC(C#N)=C(CC(=O)c1ccccc1)c1ccco1. The molecule has 0 saturated heterocycles. The summed E-state index contributed by atoms with van der Waals surface area (Å²) >= 11 is 0. The maximum Gasteiger partial charge on any atom is 0.167 e. The maximum atomic E-state index is 12.2. The maximum absolute atomic E-state index is 12.2. The molecule has 0 fully saturated rings. The van der Waals surface area contributed by atoms with E-state index in [0.29, 0.717) is 16.9 Å². The van der Waals surface area contributed by atoms with Gasteiger partial charge in [0.1, 0.15) is 23.5 Å². The summed E-state index contributed by atoms with van der Waals surface area (Å²) < 4.78 is 5.20. The molecule has 20 heavy (non-hydrogen) atoms. The molecule has 0 N–H and O–H groups in total. The Morgan fingerprint density at radius 2 is 1.75 bits per heavy atom. The summed E-state index contributed by atoms with van der Waals surface area (Å²) in [5.74, 6) is 0.201. The third-order valence-electron chi connectivity index (χ3n) is 2.78. The van der Waals surface area contributed by atoms with Gasteiger partial charge in [-0.25, -0.2) is 0 Å². The fraction of sp³-hybridized carbons (Fsp3) is 0.0625. The molecule has 1 aromatic carbocycles. The smallest absolute Gasteiger partial charge is 0.167 e. The van der Waals surface area contributed by atoms with Gasteiger partial charge in [-0.15, -0.1) is 0 Å². The van der Waals surface area contributed by atoms with Crippen molar-refractivity contribution >= 4 is 11.4 Å². The molecule has 0 unspecified atom stereocenters. The molecule has 0 aliphatic heterocycles. The zero-order valence-corrected chi connectivity index (χ0v) is 10.5. The summed E-state index contributed by atoms with van der Waals surface area (Å²) in [7, 11) is 0. The van der Waals surface area contributed by atoms with Crippen LogP contribution in [0.15, 0.2) is 58.7 Å². The lowest BCUT2D eigenvalue weighted by atomic mass is 9.98. The van der Waals surface area contributed by atoms with E-state index in [2.05, 4.69) is 0 Å². The molecule has 0 spiro atoms. The van der Waals surface area contributed by atoms with Gasteiger partial charge < -0.3 is 4.42 Å².